The van der Waals surface area contributed by atoms with Crippen molar-refractivity contribution in [2.45, 2.75) is 29.6 Å². The SMILES string of the molecule is CSC(C)C(SC)C(C)SC. The predicted molar refractivity (Wildman–Crippen MR) is 63.3 cm³/mol. The number of thioether (sulfide) groups is 3. The molecule has 11 heavy (non-hydrogen) atoms. The van der Waals surface area contributed by atoms with Crippen molar-refractivity contribution in [3.8, 4) is 0 Å². The molecule has 0 spiro atoms. The highest BCUT2D eigenvalue weighted by Crippen LogP contribution is 2.28. The molecule has 0 saturated heterocycles. The molecule has 0 fully saturated rings. The van der Waals surface area contributed by atoms with Crippen LogP contribution in [0.5, 0.6) is 0 Å². The molecule has 0 rings (SSSR count). The maximum atomic E-state index is 2.32. The number of hydrogen-bond acceptors (Lipinski definition) is 3. The van der Waals surface area contributed by atoms with E-state index in [9.17, 15) is 0 Å². The molecule has 0 aromatic heterocycles. The summed E-state index contributed by atoms with van der Waals surface area (Å²) in [5.74, 6) is 0. The van der Waals surface area contributed by atoms with Gasteiger partial charge in [-0.05, 0) is 18.8 Å². The van der Waals surface area contributed by atoms with E-state index in [0.717, 1.165) is 15.7 Å². The van der Waals surface area contributed by atoms with Gasteiger partial charge in [0.05, 0.1) is 0 Å². The molecule has 68 valence electrons. The second-order valence-corrected chi connectivity index (χ2v) is 6.03. The van der Waals surface area contributed by atoms with Gasteiger partial charge in [-0.1, -0.05) is 13.8 Å². The fourth-order valence-corrected chi connectivity index (χ4v) is 4.24. The van der Waals surface area contributed by atoms with E-state index in [1.807, 2.05) is 35.3 Å². The Morgan fingerprint density at radius 1 is 0.727 bits per heavy atom. The first kappa shape index (κ1) is 12.0. The zero-order valence-corrected chi connectivity index (χ0v) is 10.4. The summed E-state index contributed by atoms with van der Waals surface area (Å²) in [4.78, 5) is 0. The lowest BCUT2D eigenvalue weighted by molar-refractivity contribution is 0.828. The minimum absolute atomic E-state index is 0.771. The molecule has 0 bridgehead atoms. The van der Waals surface area contributed by atoms with Crippen LogP contribution in [0, 0.1) is 0 Å². The number of rotatable bonds is 5. The monoisotopic (exact) mass is 210 g/mol. The Morgan fingerprint density at radius 2 is 1.09 bits per heavy atom. The third-order valence-electron chi connectivity index (χ3n) is 1.94. The largest absolute Gasteiger partial charge is 0.161 e. The standard InChI is InChI=1S/C8H18S3/c1-6(9-3)8(11-5)7(2)10-4/h6-8H,1-5H3. The van der Waals surface area contributed by atoms with Crippen LogP contribution in [0.3, 0.4) is 0 Å². The minimum Gasteiger partial charge on any atom is -0.161 e. The van der Waals surface area contributed by atoms with Crippen LogP contribution in [-0.2, 0) is 0 Å². The van der Waals surface area contributed by atoms with Crippen LogP contribution in [0.15, 0.2) is 0 Å². The minimum atomic E-state index is 0.771. The van der Waals surface area contributed by atoms with Gasteiger partial charge in [0, 0.05) is 15.7 Å². The van der Waals surface area contributed by atoms with Gasteiger partial charge in [-0.2, -0.15) is 35.3 Å². The number of hydrogen-bond donors (Lipinski definition) is 0. The van der Waals surface area contributed by atoms with Crippen LogP contribution in [0.1, 0.15) is 13.8 Å². The summed E-state index contributed by atoms with van der Waals surface area (Å²) in [6.07, 6.45) is 6.60. The summed E-state index contributed by atoms with van der Waals surface area (Å²) in [5.41, 5.74) is 0. The summed E-state index contributed by atoms with van der Waals surface area (Å²) in [7, 11) is 0. The normalized spacial score (nSPS) is 19.4. The van der Waals surface area contributed by atoms with Crippen molar-refractivity contribution in [1.29, 1.82) is 0 Å². The first-order chi connectivity index (χ1) is 5.17. The Balaban J connectivity index is 3.92. The van der Waals surface area contributed by atoms with Crippen LogP contribution >= 0.6 is 35.3 Å². The van der Waals surface area contributed by atoms with Crippen molar-refractivity contribution >= 4 is 35.3 Å². The lowest BCUT2D eigenvalue weighted by atomic mass is 10.2. The van der Waals surface area contributed by atoms with Crippen LogP contribution < -0.4 is 0 Å². The van der Waals surface area contributed by atoms with Crippen molar-refractivity contribution < 1.29 is 0 Å². The van der Waals surface area contributed by atoms with Crippen LogP contribution in [0.25, 0.3) is 0 Å². The van der Waals surface area contributed by atoms with E-state index in [0.29, 0.717) is 0 Å². The lowest BCUT2D eigenvalue weighted by Crippen LogP contribution is -2.26. The van der Waals surface area contributed by atoms with Gasteiger partial charge in [0.15, 0.2) is 0 Å². The zero-order valence-electron chi connectivity index (χ0n) is 7.96. The van der Waals surface area contributed by atoms with Crippen LogP contribution in [-0.4, -0.2) is 34.5 Å². The van der Waals surface area contributed by atoms with Crippen molar-refractivity contribution in [2.24, 2.45) is 0 Å². The predicted octanol–water partition coefficient (Wildman–Crippen LogP) is 3.22. The maximum Gasteiger partial charge on any atom is 0.0277 e. The van der Waals surface area contributed by atoms with Crippen molar-refractivity contribution in [1.82, 2.24) is 0 Å². The quantitative estimate of drug-likeness (QED) is 0.684. The highest BCUT2D eigenvalue weighted by Gasteiger charge is 2.20. The summed E-state index contributed by atoms with van der Waals surface area (Å²) in [6, 6.07) is 0. The van der Waals surface area contributed by atoms with Crippen molar-refractivity contribution in [3.05, 3.63) is 0 Å². The van der Waals surface area contributed by atoms with Gasteiger partial charge in [-0.15, -0.1) is 0 Å². The van der Waals surface area contributed by atoms with Crippen LogP contribution in [0.2, 0.25) is 0 Å². The summed E-state index contributed by atoms with van der Waals surface area (Å²) in [6.45, 7) is 4.64. The molecule has 0 aromatic carbocycles. The molecular weight excluding hydrogens is 192 g/mol. The molecule has 0 saturated carbocycles. The Kier molecular flexibility index (Phi) is 7.18. The topological polar surface area (TPSA) is 0 Å². The summed E-state index contributed by atoms with van der Waals surface area (Å²) >= 11 is 5.93. The van der Waals surface area contributed by atoms with Crippen molar-refractivity contribution in [3.63, 3.8) is 0 Å². The Labute approximate surface area is 83.7 Å². The fraction of sp³-hybridized carbons (Fsp3) is 1.00. The van der Waals surface area contributed by atoms with E-state index >= 15 is 0 Å². The molecule has 0 radical (unpaired) electrons. The van der Waals surface area contributed by atoms with E-state index in [-0.39, 0.29) is 0 Å². The summed E-state index contributed by atoms with van der Waals surface area (Å²) in [5, 5.41) is 2.33. The first-order valence-corrected chi connectivity index (χ1v) is 7.62. The third-order valence-corrected chi connectivity index (χ3v) is 5.72. The average molecular weight is 210 g/mol. The molecule has 0 aromatic rings. The highest BCUT2D eigenvalue weighted by atomic mass is 32.2. The average Bonchev–Trinajstić information content (AvgIpc) is 2.05. The molecule has 0 nitrogen and oxygen atoms in total. The van der Waals surface area contributed by atoms with Gasteiger partial charge in [-0.3, -0.25) is 0 Å². The van der Waals surface area contributed by atoms with Gasteiger partial charge in [-0.25, -0.2) is 0 Å². The van der Waals surface area contributed by atoms with Gasteiger partial charge < -0.3 is 0 Å². The van der Waals surface area contributed by atoms with E-state index in [1.165, 1.54) is 0 Å². The van der Waals surface area contributed by atoms with Crippen LogP contribution in [0.4, 0.5) is 0 Å². The smallest absolute Gasteiger partial charge is 0.0277 e. The van der Waals surface area contributed by atoms with E-state index in [4.69, 9.17) is 0 Å². The van der Waals surface area contributed by atoms with Crippen molar-refractivity contribution in [2.75, 3.05) is 18.8 Å². The Morgan fingerprint density at radius 3 is 1.27 bits per heavy atom. The highest BCUT2D eigenvalue weighted by molar-refractivity contribution is 8.05. The second-order valence-electron chi connectivity index (χ2n) is 2.58. The third kappa shape index (κ3) is 4.00. The fourth-order valence-electron chi connectivity index (χ4n) is 1.03. The Bertz CT molecular complexity index is 85.3. The van der Waals surface area contributed by atoms with Gasteiger partial charge >= 0.3 is 0 Å². The molecule has 0 aliphatic heterocycles. The molecular formula is C8H18S3. The molecule has 3 heteroatoms. The molecule has 0 N–H and O–H groups in total. The molecule has 2 atom stereocenters. The second kappa shape index (κ2) is 6.55. The lowest BCUT2D eigenvalue weighted by Gasteiger charge is -2.25. The molecule has 0 aliphatic rings. The van der Waals surface area contributed by atoms with Gasteiger partial charge in [0.2, 0.25) is 0 Å². The molecule has 0 heterocycles. The first-order valence-electron chi connectivity index (χ1n) is 3.75. The van der Waals surface area contributed by atoms with E-state index in [2.05, 4.69) is 32.6 Å². The van der Waals surface area contributed by atoms with Gasteiger partial charge in [0.1, 0.15) is 0 Å². The molecule has 0 amide bonds. The molecule has 2 unspecified atom stereocenters. The van der Waals surface area contributed by atoms with E-state index < -0.39 is 0 Å². The van der Waals surface area contributed by atoms with E-state index in [1.54, 1.807) is 0 Å². The zero-order chi connectivity index (χ0) is 8.85. The summed E-state index contributed by atoms with van der Waals surface area (Å²) < 4.78 is 0. The maximum absolute atomic E-state index is 2.32. The van der Waals surface area contributed by atoms with Gasteiger partial charge in [0.25, 0.3) is 0 Å². The Hall–Kier alpha value is 1.05. The molecule has 0 aliphatic carbocycles.